The van der Waals surface area contributed by atoms with Crippen LogP contribution in [-0.4, -0.2) is 34.1 Å². The van der Waals surface area contributed by atoms with Crippen molar-refractivity contribution >= 4 is 33.3 Å². The number of rotatable bonds is 2. The summed E-state index contributed by atoms with van der Waals surface area (Å²) in [6, 6.07) is 0. The Labute approximate surface area is 120 Å². The second-order valence-electron chi connectivity index (χ2n) is 5.57. The first-order valence-corrected chi connectivity index (χ1v) is 7.72. The predicted octanol–water partition coefficient (Wildman–Crippen LogP) is 2.01. The van der Waals surface area contributed by atoms with Gasteiger partial charge >= 0.3 is 5.97 Å². The van der Waals surface area contributed by atoms with E-state index in [9.17, 15) is 4.79 Å². The molecule has 1 aliphatic heterocycles. The molecule has 1 fully saturated rings. The Morgan fingerprint density at radius 1 is 1.35 bits per heavy atom. The number of hydrogen-bond donors (Lipinski definition) is 1. The smallest absolute Gasteiger partial charge is 0.310 e. The van der Waals surface area contributed by atoms with Gasteiger partial charge in [-0.3, -0.25) is 4.79 Å². The maximum Gasteiger partial charge on any atom is 0.310 e. The Hall–Kier alpha value is -1.69. The molecule has 0 bridgehead atoms. The molecular weight excluding hydrogens is 274 g/mol. The maximum absolute atomic E-state index is 11.0. The van der Waals surface area contributed by atoms with Gasteiger partial charge in [0.1, 0.15) is 16.5 Å². The first-order chi connectivity index (χ1) is 9.63. The van der Waals surface area contributed by atoms with E-state index in [4.69, 9.17) is 5.11 Å². The Balaban J connectivity index is 1.81. The minimum Gasteiger partial charge on any atom is -0.481 e. The van der Waals surface area contributed by atoms with Gasteiger partial charge in [-0.05, 0) is 31.7 Å². The molecule has 2 aliphatic rings. The summed E-state index contributed by atoms with van der Waals surface area (Å²) in [6.45, 7) is 3.03. The molecule has 0 radical (unpaired) electrons. The van der Waals surface area contributed by atoms with E-state index in [1.807, 2.05) is 6.92 Å². The van der Waals surface area contributed by atoms with Crippen LogP contribution in [-0.2, 0) is 17.6 Å². The summed E-state index contributed by atoms with van der Waals surface area (Å²) in [5.41, 5.74) is 1.40. The van der Waals surface area contributed by atoms with Crippen LogP contribution in [0.25, 0.3) is 10.2 Å². The molecule has 0 amide bonds. The van der Waals surface area contributed by atoms with Crippen molar-refractivity contribution in [3.8, 4) is 0 Å². The summed E-state index contributed by atoms with van der Waals surface area (Å²) in [7, 11) is 0. The van der Waals surface area contributed by atoms with Crippen molar-refractivity contribution < 1.29 is 9.90 Å². The van der Waals surface area contributed by atoms with E-state index >= 15 is 0 Å². The Bertz CT molecular complexity index is 719. The fourth-order valence-electron chi connectivity index (χ4n) is 3.12. The largest absolute Gasteiger partial charge is 0.481 e. The highest BCUT2D eigenvalue weighted by Crippen LogP contribution is 2.41. The first-order valence-electron chi connectivity index (χ1n) is 6.90. The van der Waals surface area contributed by atoms with E-state index in [1.54, 1.807) is 11.3 Å². The lowest BCUT2D eigenvalue weighted by molar-refractivity contribution is -0.142. The van der Waals surface area contributed by atoms with Crippen LogP contribution in [0.1, 0.15) is 22.7 Å². The number of hydrogen-bond acceptors (Lipinski definition) is 5. The van der Waals surface area contributed by atoms with Crippen LogP contribution >= 0.6 is 11.3 Å². The lowest BCUT2D eigenvalue weighted by Gasteiger charge is -2.38. The third kappa shape index (κ3) is 1.64. The fraction of sp³-hybridized carbons (Fsp3) is 0.500. The van der Waals surface area contributed by atoms with Crippen LogP contribution in [0.15, 0.2) is 0 Å². The van der Waals surface area contributed by atoms with Gasteiger partial charge in [-0.1, -0.05) is 0 Å². The Morgan fingerprint density at radius 2 is 2.15 bits per heavy atom. The molecule has 1 saturated heterocycles. The molecule has 0 atom stereocenters. The lowest BCUT2D eigenvalue weighted by Crippen LogP contribution is -2.51. The van der Waals surface area contributed by atoms with Crippen molar-refractivity contribution in [1.82, 2.24) is 9.97 Å². The van der Waals surface area contributed by atoms with Gasteiger partial charge in [-0.15, -0.1) is 11.3 Å². The molecule has 104 valence electrons. The van der Waals surface area contributed by atoms with E-state index in [0.29, 0.717) is 13.1 Å². The summed E-state index contributed by atoms with van der Waals surface area (Å²) in [5.74, 6) is 0.751. The average molecular weight is 289 g/mol. The summed E-state index contributed by atoms with van der Waals surface area (Å²) >= 11 is 1.78. The van der Waals surface area contributed by atoms with Gasteiger partial charge in [0.15, 0.2) is 0 Å². The summed E-state index contributed by atoms with van der Waals surface area (Å²) in [5, 5.41) is 10.2. The minimum absolute atomic E-state index is 0.257. The molecule has 4 rings (SSSR count). The average Bonchev–Trinajstić information content (AvgIpc) is 2.84. The van der Waals surface area contributed by atoms with Gasteiger partial charge in [0, 0.05) is 18.0 Å². The van der Waals surface area contributed by atoms with E-state index in [1.165, 1.54) is 22.2 Å². The zero-order valence-electron chi connectivity index (χ0n) is 11.2. The Morgan fingerprint density at radius 3 is 2.90 bits per heavy atom. The number of aryl methyl sites for hydroxylation is 3. The number of fused-ring (bicyclic) bond motifs is 3. The van der Waals surface area contributed by atoms with E-state index in [-0.39, 0.29) is 5.92 Å². The number of anilines is 1. The molecule has 2 aromatic heterocycles. The molecule has 20 heavy (non-hydrogen) atoms. The normalized spacial score (nSPS) is 18.4. The predicted molar refractivity (Wildman–Crippen MR) is 77.5 cm³/mol. The van der Waals surface area contributed by atoms with Crippen molar-refractivity contribution in [2.24, 2.45) is 5.92 Å². The number of nitrogens with zero attached hydrogens (tertiary/aromatic N) is 3. The van der Waals surface area contributed by atoms with Gasteiger partial charge in [0.05, 0.1) is 11.3 Å². The van der Waals surface area contributed by atoms with Gasteiger partial charge < -0.3 is 10.0 Å². The van der Waals surface area contributed by atoms with Crippen molar-refractivity contribution in [3.05, 3.63) is 16.3 Å². The van der Waals surface area contributed by atoms with Gasteiger partial charge in [-0.25, -0.2) is 9.97 Å². The first kappa shape index (κ1) is 12.1. The van der Waals surface area contributed by atoms with E-state index in [0.717, 1.165) is 29.3 Å². The second-order valence-corrected chi connectivity index (χ2v) is 6.66. The highest BCUT2D eigenvalue weighted by atomic mass is 32.1. The summed E-state index contributed by atoms with van der Waals surface area (Å²) < 4.78 is 0. The van der Waals surface area contributed by atoms with Crippen molar-refractivity contribution in [3.63, 3.8) is 0 Å². The number of thiophene rings is 1. The number of carbonyl (C=O) groups is 1. The monoisotopic (exact) mass is 289 g/mol. The fourth-order valence-corrected chi connectivity index (χ4v) is 4.42. The lowest BCUT2D eigenvalue weighted by atomic mass is 10.00. The number of carboxylic acids is 1. The number of aliphatic carboxylic acids is 1. The van der Waals surface area contributed by atoms with Crippen molar-refractivity contribution in [1.29, 1.82) is 0 Å². The highest BCUT2D eigenvalue weighted by molar-refractivity contribution is 7.19. The van der Waals surface area contributed by atoms with Crippen LogP contribution in [0.4, 0.5) is 5.82 Å². The van der Waals surface area contributed by atoms with Crippen LogP contribution in [0.2, 0.25) is 0 Å². The molecule has 6 heteroatoms. The molecule has 0 aromatic carbocycles. The zero-order chi connectivity index (χ0) is 13.9. The number of aromatic nitrogens is 2. The molecule has 0 spiro atoms. The van der Waals surface area contributed by atoms with Crippen LogP contribution in [0.3, 0.4) is 0 Å². The molecule has 0 saturated carbocycles. The minimum atomic E-state index is -0.709. The standard InChI is InChI=1S/C14H15N3O2S/c1-7-15-12(17-5-8(6-17)14(18)19)11-9-3-2-4-10(9)20-13(11)16-7/h8H,2-6H2,1H3,(H,18,19). The molecule has 2 aromatic rings. The topological polar surface area (TPSA) is 66.3 Å². The third-order valence-corrected chi connectivity index (χ3v) is 5.37. The number of carboxylic acid groups (broad SMARTS) is 1. The highest BCUT2D eigenvalue weighted by Gasteiger charge is 2.35. The third-order valence-electron chi connectivity index (χ3n) is 4.19. The summed E-state index contributed by atoms with van der Waals surface area (Å²) in [6.07, 6.45) is 3.46. The Kier molecular flexibility index (Phi) is 2.51. The van der Waals surface area contributed by atoms with Gasteiger partial charge in [-0.2, -0.15) is 0 Å². The molecular formula is C14H15N3O2S. The quantitative estimate of drug-likeness (QED) is 0.916. The van der Waals surface area contributed by atoms with Gasteiger partial charge in [0.25, 0.3) is 0 Å². The van der Waals surface area contributed by atoms with Crippen LogP contribution < -0.4 is 4.90 Å². The maximum atomic E-state index is 11.0. The van der Waals surface area contributed by atoms with Crippen LogP contribution in [0, 0.1) is 12.8 Å². The summed E-state index contributed by atoms with van der Waals surface area (Å²) in [4.78, 5) is 24.7. The zero-order valence-corrected chi connectivity index (χ0v) is 12.0. The van der Waals surface area contributed by atoms with E-state index < -0.39 is 5.97 Å². The molecule has 3 heterocycles. The molecule has 5 nitrogen and oxygen atoms in total. The molecule has 1 aliphatic carbocycles. The van der Waals surface area contributed by atoms with Gasteiger partial charge in [0.2, 0.25) is 0 Å². The van der Waals surface area contributed by atoms with Crippen molar-refractivity contribution in [2.75, 3.05) is 18.0 Å². The second kappa shape index (κ2) is 4.15. The molecule has 0 unspecified atom stereocenters. The van der Waals surface area contributed by atoms with Crippen LogP contribution in [0.5, 0.6) is 0 Å². The van der Waals surface area contributed by atoms with E-state index in [2.05, 4.69) is 14.9 Å². The van der Waals surface area contributed by atoms with Crippen molar-refractivity contribution in [2.45, 2.75) is 26.2 Å². The SMILES string of the molecule is Cc1nc(N2CC(C(=O)O)C2)c2c3c(sc2n1)CCC3. The molecule has 1 N–H and O–H groups in total.